The smallest absolute Gasteiger partial charge is 0.297 e. The summed E-state index contributed by atoms with van der Waals surface area (Å²) >= 11 is 1.32. The van der Waals surface area contributed by atoms with Gasteiger partial charge in [0.1, 0.15) is 17.0 Å². The molecule has 5 aromatic rings. The average Bonchev–Trinajstić information content (AvgIpc) is 3.59. The van der Waals surface area contributed by atoms with Gasteiger partial charge in [-0.05, 0) is 11.6 Å². The molecule has 5 rings (SSSR count). The van der Waals surface area contributed by atoms with Gasteiger partial charge in [-0.2, -0.15) is 4.98 Å². The highest BCUT2D eigenvalue weighted by molar-refractivity contribution is 7.01. The largest absolute Gasteiger partial charge is 0.493 e. The van der Waals surface area contributed by atoms with E-state index in [2.05, 4.69) is 15.4 Å². The first kappa shape index (κ1) is 24.4. The molecule has 12 heteroatoms. The number of aliphatic hydroxyl groups excluding tert-OH is 2. The first-order valence-electron chi connectivity index (χ1n) is 11.2. The number of imidazole rings is 1. The van der Waals surface area contributed by atoms with Gasteiger partial charge in [-0.3, -0.25) is 0 Å². The summed E-state index contributed by atoms with van der Waals surface area (Å²) in [5.41, 5.74) is 2.97. The SMILES string of the molecule is COc1cc(-n2cnc(Nc3nc(-c4cccc(CO)c4)n[n+]4sc(CO)cc34)c2)cc(OC)c1OC. The van der Waals surface area contributed by atoms with Gasteiger partial charge in [0.15, 0.2) is 23.0 Å². The minimum atomic E-state index is -0.113. The Morgan fingerprint density at radius 1 is 1.00 bits per heavy atom. The molecule has 0 aliphatic rings. The van der Waals surface area contributed by atoms with Crippen LogP contribution in [0.2, 0.25) is 0 Å². The van der Waals surface area contributed by atoms with Crippen LogP contribution in [0.15, 0.2) is 55.0 Å². The number of hydrogen-bond acceptors (Lipinski definition) is 10. The summed E-state index contributed by atoms with van der Waals surface area (Å²) in [6.07, 6.45) is 3.47. The normalized spacial score (nSPS) is 11.1. The lowest BCUT2D eigenvalue weighted by Crippen LogP contribution is -2.24. The fourth-order valence-electron chi connectivity index (χ4n) is 3.86. The van der Waals surface area contributed by atoms with Crippen LogP contribution < -0.4 is 23.4 Å². The van der Waals surface area contributed by atoms with Crippen LogP contribution in [0.3, 0.4) is 0 Å². The zero-order valence-corrected chi connectivity index (χ0v) is 21.2. The van der Waals surface area contributed by atoms with Crippen molar-refractivity contribution in [2.75, 3.05) is 26.6 Å². The fourth-order valence-corrected chi connectivity index (χ4v) is 4.66. The van der Waals surface area contributed by atoms with Crippen LogP contribution in [0.5, 0.6) is 17.2 Å². The summed E-state index contributed by atoms with van der Waals surface area (Å²) in [6.45, 7) is -0.196. The van der Waals surface area contributed by atoms with E-state index < -0.39 is 0 Å². The van der Waals surface area contributed by atoms with E-state index in [0.29, 0.717) is 40.2 Å². The summed E-state index contributed by atoms with van der Waals surface area (Å²) in [5, 5.41) is 27.1. The van der Waals surface area contributed by atoms with Crippen LogP contribution >= 0.6 is 11.5 Å². The molecule has 0 bridgehead atoms. The Morgan fingerprint density at radius 3 is 2.46 bits per heavy atom. The molecule has 0 unspecified atom stereocenters. The van der Waals surface area contributed by atoms with Crippen molar-refractivity contribution in [2.45, 2.75) is 13.2 Å². The van der Waals surface area contributed by atoms with E-state index in [4.69, 9.17) is 19.2 Å². The molecule has 0 aliphatic heterocycles. The number of benzene rings is 2. The van der Waals surface area contributed by atoms with Crippen LogP contribution in [0.1, 0.15) is 10.4 Å². The van der Waals surface area contributed by atoms with E-state index in [1.807, 2.05) is 53.2 Å². The number of hydrogen-bond donors (Lipinski definition) is 3. The van der Waals surface area contributed by atoms with E-state index in [-0.39, 0.29) is 13.2 Å². The van der Waals surface area contributed by atoms with Gasteiger partial charge in [-0.15, -0.1) is 0 Å². The molecule has 37 heavy (non-hydrogen) atoms. The predicted octanol–water partition coefficient (Wildman–Crippen LogP) is 2.88. The van der Waals surface area contributed by atoms with Crippen LogP contribution in [-0.4, -0.2) is 51.2 Å². The quantitative estimate of drug-likeness (QED) is 0.251. The van der Waals surface area contributed by atoms with Crippen molar-refractivity contribution in [3.05, 3.63) is 65.4 Å². The van der Waals surface area contributed by atoms with E-state index in [9.17, 15) is 10.2 Å². The standard InChI is InChI=1S/C25H25N6O5S/c1-34-20-8-17(9-21(35-2)23(20)36-3)30-11-22(26-14-30)27-25-19-10-18(13-33)37-31(19)29-24(28-25)16-6-4-5-15(7-16)12-32/h4-11,14,32-33H,12-13H2,1-3H3,(H,27,28,29)/q+1. The minimum Gasteiger partial charge on any atom is -0.493 e. The fraction of sp³-hybridized carbons (Fsp3) is 0.200. The van der Waals surface area contributed by atoms with Crippen LogP contribution in [0, 0.1) is 0 Å². The third-order valence-electron chi connectivity index (χ3n) is 5.65. The van der Waals surface area contributed by atoms with Crippen molar-refractivity contribution >= 4 is 28.7 Å². The van der Waals surface area contributed by atoms with Gasteiger partial charge < -0.3 is 34.3 Å². The second-order valence-corrected chi connectivity index (χ2v) is 8.99. The molecular formula is C25H25N6O5S+. The highest BCUT2D eigenvalue weighted by Gasteiger charge is 2.22. The average molecular weight is 522 g/mol. The van der Waals surface area contributed by atoms with Gasteiger partial charge >= 0.3 is 0 Å². The number of rotatable bonds is 9. The van der Waals surface area contributed by atoms with Crippen molar-refractivity contribution in [3.8, 4) is 34.3 Å². The molecule has 3 heterocycles. The maximum absolute atomic E-state index is 9.68. The van der Waals surface area contributed by atoms with Crippen molar-refractivity contribution < 1.29 is 28.3 Å². The molecule has 2 aromatic carbocycles. The number of nitrogens with one attached hydrogen (secondary N) is 1. The predicted molar refractivity (Wildman–Crippen MR) is 137 cm³/mol. The van der Waals surface area contributed by atoms with Gasteiger partial charge in [0.25, 0.3) is 5.52 Å². The third-order valence-corrected chi connectivity index (χ3v) is 6.59. The van der Waals surface area contributed by atoms with E-state index >= 15 is 0 Å². The van der Waals surface area contributed by atoms with Crippen molar-refractivity contribution in [1.29, 1.82) is 0 Å². The topological polar surface area (TPSA) is 128 Å². The Morgan fingerprint density at radius 2 is 1.78 bits per heavy atom. The Bertz CT molecular complexity index is 1540. The minimum absolute atomic E-state index is 0.0830. The van der Waals surface area contributed by atoms with E-state index in [1.54, 1.807) is 31.6 Å². The zero-order chi connectivity index (χ0) is 25.9. The number of aliphatic hydroxyl groups is 2. The maximum Gasteiger partial charge on any atom is 0.297 e. The maximum atomic E-state index is 9.68. The number of methoxy groups -OCH3 is 3. The Hall–Kier alpha value is -4.26. The molecule has 0 fully saturated rings. The molecule has 0 aliphatic carbocycles. The Kier molecular flexibility index (Phi) is 6.86. The van der Waals surface area contributed by atoms with E-state index in [0.717, 1.165) is 21.7 Å². The highest BCUT2D eigenvalue weighted by Crippen LogP contribution is 2.39. The van der Waals surface area contributed by atoms with Gasteiger partial charge in [-0.1, -0.05) is 18.2 Å². The van der Waals surface area contributed by atoms with E-state index in [1.165, 1.54) is 11.5 Å². The van der Waals surface area contributed by atoms with Crippen LogP contribution in [0.4, 0.5) is 11.6 Å². The summed E-state index contributed by atoms with van der Waals surface area (Å²) in [7, 11) is 4.69. The lowest BCUT2D eigenvalue weighted by molar-refractivity contribution is -0.505. The first-order valence-corrected chi connectivity index (χ1v) is 12.0. The number of anilines is 2. The highest BCUT2D eigenvalue weighted by atomic mass is 32.1. The van der Waals surface area contributed by atoms with Crippen molar-refractivity contribution in [1.82, 2.24) is 19.6 Å². The first-order chi connectivity index (χ1) is 18.1. The molecule has 0 saturated heterocycles. The number of fused-ring (bicyclic) bond motifs is 1. The second kappa shape index (κ2) is 10.4. The Balaban J connectivity index is 1.54. The van der Waals surface area contributed by atoms with Crippen LogP contribution in [-0.2, 0) is 13.2 Å². The number of aromatic nitrogens is 5. The molecule has 0 spiro atoms. The Labute approximate surface area is 216 Å². The molecular weight excluding hydrogens is 496 g/mol. The molecule has 0 atom stereocenters. The molecule has 11 nitrogen and oxygen atoms in total. The monoisotopic (exact) mass is 521 g/mol. The van der Waals surface area contributed by atoms with Gasteiger partial charge in [0, 0.05) is 32.8 Å². The lowest BCUT2D eigenvalue weighted by Gasteiger charge is -2.14. The molecule has 0 radical (unpaired) electrons. The molecule has 3 aromatic heterocycles. The second-order valence-electron chi connectivity index (χ2n) is 7.94. The molecule has 0 amide bonds. The molecule has 0 saturated carbocycles. The molecule has 3 N–H and O–H groups in total. The lowest BCUT2D eigenvalue weighted by atomic mass is 10.1. The zero-order valence-electron chi connectivity index (χ0n) is 20.4. The third kappa shape index (κ3) is 4.77. The number of nitrogens with zero attached hydrogens (tertiary/aromatic N) is 5. The summed E-state index contributed by atoms with van der Waals surface area (Å²) < 4.78 is 19.9. The summed E-state index contributed by atoms with van der Waals surface area (Å²) in [5.74, 6) is 3.08. The van der Waals surface area contributed by atoms with Gasteiger partial charge in [0.05, 0.1) is 46.4 Å². The summed E-state index contributed by atoms with van der Waals surface area (Å²) in [6, 6.07) is 12.9. The number of ether oxygens (including phenoxy) is 3. The van der Waals surface area contributed by atoms with Gasteiger partial charge in [0.2, 0.25) is 17.4 Å². The van der Waals surface area contributed by atoms with Gasteiger partial charge in [-0.25, -0.2) is 4.98 Å². The van der Waals surface area contributed by atoms with Crippen molar-refractivity contribution in [3.63, 3.8) is 0 Å². The van der Waals surface area contributed by atoms with Crippen molar-refractivity contribution in [2.24, 2.45) is 0 Å². The summed E-state index contributed by atoms with van der Waals surface area (Å²) in [4.78, 5) is 9.98. The van der Waals surface area contributed by atoms with Crippen LogP contribution in [0.25, 0.3) is 22.6 Å². The molecule has 190 valence electrons.